The topological polar surface area (TPSA) is 39.2 Å². The van der Waals surface area contributed by atoms with E-state index in [4.69, 9.17) is 11.6 Å². The summed E-state index contributed by atoms with van der Waals surface area (Å²) in [5, 5.41) is 0. The lowest BCUT2D eigenvalue weighted by molar-refractivity contribution is 0.0601. The number of benzene rings is 1. The standard InChI is InChI=1S/C9H5BrClNO2S/c1-14-8(13)4-2-5(10)7-6(3-4)15-9(11)12-7/h2-3H,1H3. The summed E-state index contributed by atoms with van der Waals surface area (Å²) >= 11 is 10.5. The summed E-state index contributed by atoms with van der Waals surface area (Å²) in [6.45, 7) is 0. The van der Waals surface area contributed by atoms with Crippen molar-refractivity contribution in [3.8, 4) is 0 Å². The van der Waals surface area contributed by atoms with Crippen LogP contribution in [0.15, 0.2) is 16.6 Å². The first-order chi connectivity index (χ1) is 7.11. The number of carbonyl (C=O) groups excluding carboxylic acids is 1. The van der Waals surface area contributed by atoms with Crippen LogP contribution in [-0.2, 0) is 4.74 Å². The van der Waals surface area contributed by atoms with Gasteiger partial charge in [0.2, 0.25) is 0 Å². The van der Waals surface area contributed by atoms with Crippen molar-refractivity contribution in [2.75, 3.05) is 7.11 Å². The van der Waals surface area contributed by atoms with Crippen molar-refractivity contribution in [1.29, 1.82) is 0 Å². The van der Waals surface area contributed by atoms with Crippen LogP contribution in [-0.4, -0.2) is 18.1 Å². The Morgan fingerprint density at radius 3 is 3.00 bits per heavy atom. The molecule has 0 saturated carbocycles. The van der Waals surface area contributed by atoms with Crippen molar-refractivity contribution >= 4 is 55.1 Å². The Balaban J connectivity index is 2.66. The molecule has 1 aromatic carbocycles. The monoisotopic (exact) mass is 305 g/mol. The van der Waals surface area contributed by atoms with Gasteiger partial charge in [-0.15, -0.1) is 11.3 Å². The Morgan fingerprint density at radius 1 is 1.60 bits per heavy atom. The maximum atomic E-state index is 11.3. The Kier molecular flexibility index (Phi) is 2.95. The van der Waals surface area contributed by atoms with Crippen molar-refractivity contribution in [3.63, 3.8) is 0 Å². The summed E-state index contributed by atoms with van der Waals surface area (Å²) in [6, 6.07) is 3.39. The number of fused-ring (bicyclic) bond motifs is 1. The number of thiazole rings is 1. The number of halogens is 2. The molecule has 0 N–H and O–H groups in total. The first kappa shape index (κ1) is 10.9. The lowest BCUT2D eigenvalue weighted by Gasteiger charge is -1.99. The molecule has 0 atom stereocenters. The van der Waals surface area contributed by atoms with E-state index in [0.29, 0.717) is 10.0 Å². The smallest absolute Gasteiger partial charge is 0.337 e. The van der Waals surface area contributed by atoms with Crippen LogP contribution in [0.5, 0.6) is 0 Å². The first-order valence-electron chi connectivity index (χ1n) is 3.95. The summed E-state index contributed by atoms with van der Waals surface area (Å²) in [6.07, 6.45) is 0. The number of ether oxygens (including phenoxy) is 1. The second-order valence-electron chi connectivity index (χ2n) is 2.76. The predicted molar refractivity (Wildman–Crippen MR) is 63.7 cm³/mol. The number of carbonyl (C=O) groups is 1. The van der Waals surface area contributed by atoms with Crippen LogP contribution in [0, 0.1) is 0 Å². The highest BCUT2D eigenvalue weighted by Gasteiger charge is 2.12. The molecule has 0 saturated heterocycles. The molecule has 1 aromatic heterocycles. The van der Waals surface area contributed by atoms with E-state index >= 15 is 0 Å². The first-order valence-corrected chi connectivity index (χ1v) is 5.94. The number of esters is 1. The molecule has 2 aromatic rings. The molecule has 0 bridgehead atoms. The quantitative estimate of drug-likeness (QED) is 0.757. The van der Waals surface area contributed by atoms with Crippen LogP contribution in [0.4, 0.5) is 0 Å². The van der Waals surface area contributed by atoms with Gasteiger partial charge in [-0.25, -0.2) is 9.78 Å². The highest BCUT2D eigenvalue weighted by Crippen LogP contribution is 2.32. The van der Waals surface area contributed by atoms with Crippen molar-refractivity contribution in [1.82, 2.24) is 4.98 Å². The number of aromatic nitrogens is 1. The van der Waals surface area contributed by atoms with Gasteiger partial charge in [0.1, 0.15) is 0 Å². The minimum Gasteiger partial charge on any atom is -0.465 e. The van der Waals surface area contributed by atoms with Crippen molar-refractivity contribution < 1.29 is 9.53 Å². The van der Waals surface area contributed by atoms with Gasteiger partial charge in [-0.3, -0.25) is 0 Å². The van der Waals surface area contributed by atoms with Gasteiger partial charge in [0.05, 0.1) is 22.9 Å². The van der Waals surface area contributed by atoms with E-state index in [1.165, 1.54) is 18.4 Å². The SMILES string of the molecule is COC(=O)c1cc(Br)c2nc(Cl)sc2c1. The zero-order valence-electron chi connectivity index (χ0n) is 7.58. The zero-order valence-corrected chi connectivity index (χ0v) is 10.7. The summed E-state index contributed by atoms with van der Waals surface area (Å²) < 4.78 is 6.69. The van der Waals surface area contributed by atoms with E-state index in [-0.39, 0.29) is 5.97 Å². The maximum Gasteiger partial charge on any atom is 0.337 e. The fraction of sp³-hybridized carbons (Fsp3) is 0.111. The Hall–Kier alpha value is -0.650. The molecular weight excluding hydrogens is 302 g/mol. The third-order valence-corrected chi connectivity index (χ3v) is 3.55. The summed E-state index contributed by atoms with van der Waals surface area (Å²) in [5.74, 6) is -0.373. The highest BCUT2D eigenvalue weighted by molar-refractivity contribution is 9.10. The molecular formula is C9H5BrClNO2S. The van der Waals surface area contributed by atoms with E-state index in [1.807, 2.05) is 0 Å². The van der Waals surface area contributed by atoms with Gasteiger partial charge in [0.15, 0.2) is 4.47 Å². The highest BCUT2D eigenvalue weighted by atomic mass is 79.9. The molecule has 0 amide bonds. The normalized spacial score (nSPS) is 10.6. The minimum absolute atomic E-state index is 0.373. The van der Waals surface area contributed by atoms with Gasteiger partial charge < -0.3 is 4.74 Å². The molecule has 0 aliphatic heterocycles. The Morgan fingerprint density at radius 2 is 2.33 bits per heavy atom. The molecule has 3 nitrogen and oxygen atoms in total. The number of rotatable bonds is 1. The van der Waals surface area contributed by atoms with Gasteiger partial charge in [-0.1, -0.05) is 11.6 Å². The number of hydrogen-bond acceptors (Lipinski definition) is 4. The van der Waals surface area contributed by atoms with Crippen molar-refractivity contribution in [3.05, 3.63) is 26.6 Å². The zero-order chi connectivity index (χ0) is 11.0. The molecule has 0 radical (unpaired) electrons. The minimum atomic E-state index is -0.373. The molecule has 1 heterocycles. The fourth-order valence-corrected chi connectivity index (χ4v) is 2.97. The van der Waals surface area contributed by atoms with Crippen LogP contribution < -0.4 is 0 Å². The average Bonchev–Trinajstić information content (AvgIpc) is 2.58. The Bertz CT molecular complexity index is 540. The van der Waals surface area contributed by atoms with Crippen molar-refractivity contribution in [2.45, 2.75) is 0 Å². The molecule has 6 heteroatoms. The summed E-state index contributed by atoms with van der Waals surface area (Å²) in [4.78, 5) is 15.4. The second kappa shape index (κ2) is 4.08. The predicted octanol–water partition coefficient (Wildman–Crippen LogP) is 3.50. The third kappa shape index (κ3) is 2.00. The van der Waals surface area contributed by atoms with Gasteiger partial charge >= 0.3 is 5.97 Å². The van der Waals surface area contributed by atoms with E-state index in [0.717, 1.165) is 14.7 Å². The van der Waals surface area contributed by atoms with Crippen LogP contribution in [0.25, 0.3) is 10.2 Å². The average molecular weight is 307 g/mol. The number of hydrogen-bond donors (Lipinski definition) is 0. The molecule has 15 heavy (non-hydrogen) atoms. The third-order valence-electron chi connectivity index (χ3n) is 1.84. The van der Waals surface area contributed by atoms with Crippen LogP contribution in [0.1, 0.15) is 10.4 Å². The van der Waals surface area contributed by atoms with E-state index in [1.54, 1.807) is 12.1 Å². The molecule has 78 valence electrons. The molecule has 0 unspecified atom stereocenters. The molecule has 2 rings (SSSR count). The van der Waals surface area contributed by atoms with E-state index in [9.17, 15) is 4.79 Å². The van der Waals surface area contributed by atoms with E-state index in [2.05, 4.69) is 25.7 Å². The summed E-state index contributed by atoms with van der Waals surface area (Å²) in [7, 11) is 1.35. The van der Waals surface area contributed by atoms with Crippen LogP contribution >= 0.6 is 38.9 Å². The molecule has 0 fully saturated rings. The fourth-order valence-electron chi connectivity index (χ4n) is 1.20. The summed E-state index contributed by atoms with van der Waals surface area (Å²) in [5.41, 5.74) is 1.25. The van der Waals surface area contributed by atoms with Gasteiger partial charge in [0, 0.05) is 4.47 Å². The van der Waals surface area contributed by atoms with Crippen molar-refractivity contribution in [2.24, 2.45) is 0 Å². The molecule has 0 aliphatic rings. The lowest BCUT2D eigenvalue weighted by atomic mass is 10.2. The van der Waals surface area contributed by atoms with Gasteiger partial charge in [0.25, 0.3) is 0 Å². The van der Waals surface area contributed by atoms with Crippen LogP contribution in [0.2, 0.25) is 4.47 Å². The maximum absolute atomic E-state index is 11.3. The number of methoxy groups -OCH3 is 1. The largest absolute Gasteiger partial charge is 0.465 e. The Labute approximate surface area is 103 Å². The van der Waals surface area contributed by atoms with Gasteiger partial charge in [-0.05, 0) is 28.1 Å². The van der Waals surface area contributed by atoms with Gasteiger partial charge in [-0.2, -0.15) is 0 Å². The number of nitrogens with zero attached hydrogens (tertiary/aromatic N) is 1. The second-order valence-corrected chi connectivity index (χ2v) is 5.23. The van der Waals surface area contributed by atoms with E-state index < -0.39 is 0 Å². The molecule has 0 aliphatic carbocycles. The van der Waals surface area contributed by atoms with Crippen LogP contribution in [0.3, 0.4) is 0 Å². The lowest BCUT2D eigenvalue weighted by Crippen LogP contribution is -2.00. The molecule has 0 spiro atoms.